The smallest absolute Gasteiger partial charge is 0.263 e. The molecule has 0 N–H and O–H groups in total. The number of aryl methyl sites for hydroxylation is 1. The van der Waals surface area contributed by atoms with Gasteiger partial charge < -0.3 is 14.5 Å². The average Bonchev–Trinajstić information content (AvgIpc) is 3.21. The molecule has 1 aliphatic heterocycles. The molecule has 1 aliphatic carbocycles. The van der Waals surface area contributed by atoms with Crippen LogP contribution < -0.4 is 4.74 Å². The van der Waals surface area contributed by atoms with Gasteiger partial charge in [-0.15, -0.1) is 0 Å². The summed E-state index contributed by atoms with van der Waals surface area (Å²) >= 11 is 0. The molecule has 2 fully saturated rings. The van der Waals surface area contributed by atoms with Crippen molar-refractivity contribution in [1.82, 2.24) is 9.80 Å². The highest BCUT2D eigenvalue weighted by Crippen LogP contribution is 2.29. The second-order valence-electron chi connectivity index (χ2n) is 8.59. The molecule has 5 nitrogen and oxygen atoms in total. The molecule has 1 saturated carbocycles. The number of benzene rings is 1. The van der Waals surface area contributed by atoms with Crippen molar-refractivity contribution in [2.45, 2.75) is 65.4 Å². The first-order valence-electron chi connectivity index (χ1n) is 10.7. The molecule has 3 rings (SSSR count). The van der Waals surface area contributed by atoms with Gasteiger partial charge >= 0.3 is 0 Å². The average molecular weight is 387 g/mol. The van der Waals surface area contributed by atoms with Crippen LogP contribution in [-0.4, -0.2) is 53.9 Å². The van der Waals surface area contributed by atoms with Crippen molar-refractivity contribution < 1.29 is 14.3 Å². The summed E-state index contributed by atoms with van der Waals surface area (Å²) in [6, 6.07) is 6.17. The van der Waals surface area contributed by atoms with Crippen LogP contribution >= 0.6 is 0 Å². The molecular weight excluding hydrogens is 352 g/mol. The van der Waals surface area contributed by atoms with E-state index >= 15 is 0 Å². The molecule has 1 heterocycles. The Hall–Kier alpha value is -2.04. The zero-order valence-corrected chi connectivity index (χ0v) is 17.7. The first-order valence-corrected chi connectivity index (χ1v) is 10.7. The number of piperazine rings is 1. The van der Waals surface area contributed by atoms with Crippen LogP contribution in [0.2, 0.25) is 0 Å². The third kappa shape index (κ3) is 4.68. The minimum Gasteiger partial charge on any atom is -0.481 e. The van der Waals surface area contributed by atoms with Crippen molar-refractivity contribution in [2.75, 3.05) is 26.2 Å². The predicted molar refractivity (Wildman–Crippen MR) is 110 cm³/mol. The van der Waals surface area contributed by atoms with E-state index in [2.05, 4.69) is 26.0 Å². The number of amides is 2. The van der Waals surface area contributed by atoms with Crippen molar-refractivity contribution in [2.24, 2.45) is 5.92 Å². The number of hydrogen-bond donors (Lipinski definition) is 0. The monoisotopic (exact) mass is 386 g/mol. The van der Waals surface area contributed by atoms with Crippen molar-refractivity contribution in [3.63, 3.8) is 0 Å². The number of carbonyl (C=O) groups is 2. The minimum atomic E-state index is -0.531. The molecule has 0 bridgehead atoms. The molecule has 28 heavy (non-hydrogen) atoms. The third-order valence-electron chi connectivity index (χ3n) is 6.05. The first kappa shape index (κ1) is 20.7. The number of rotatable bonds is 5. The number of carbonyl (C=O) groups excluding carboxylic acids is 2. The highest BCUT2D eigenvalue weighted by atomic mass is 16.5. The molecule has 1 saturated heterocycles. The summed E-state index contributed by atoms with van der Waals surface area (Å²) < 4.78 is 6.09. The summed E-state index contributed by atoms with van der Waals surface area (Å²) in [7, 11) is 0. The Morgan fingerprint density at radius 1 is 1.00 bits per heavy atom. The topological polar surface area (TPSA) is 49.9 Å². The van der Waals surface area contributed by atoms with Gasteiger partial charge in [0.2, 0.25) is 5.91 Å². The molecule has 0 aromatic heterocycles. The quantitative estimate of drug-likeness (QED) is 0.774. The lowest BCUT2D eigenvalue weighted by Gasteiger charge is -2.37. The lowest BCUT2D eigenvalue weighted by Crippen LogP contribution is -2.54. The molecule has 1 aromatic carbocycles. The maximum Gasteiger partial charge on any atom is 0.263 e. The second kappa shape index (κ2) is 8.97. The summed E-state index contributed by atoms with van der Waals surface area (Å²) in [5.74, 6) is 1.63. The third-order valence-corrected chi connectivity index (χ3v) is 6.05. The summed E-state index contributed by atoms with van der Waals surface area (Å²) in [5.41, 5.74) is 2.25. The van der Waals surface area contributed by atoms with Crippen LogP contribution in [0.1, 0.15) is 63.5 Å². The Morgan fingerprint density at radius 2 is 1.61 bits per heavy atom. The van der Waals surface area contributed by atoms with E-state index in [1.54, 1.807) is 0 Å². The molecule has 2 amide bonds. The van der Waals surface area contributed by atoms with Crippen LogP contribution in [0.3, 0.4) is 0 Å². The van der Waals surface area contributed by atoms with Crippen LogP contribution in [-0.2, 0) is 9.59 Å². The standard InChI is InChI=1S/C23H34N2O3/c1-16(2)20-10-9-17(3)15-21(20)28-18(4)22(26)24-11-13-25(14-12-24)23(27)19-7-5-6-8-19/h9-10,15-16,18-19H,5-8,11-14H2,1-4H3. The molecule has 154 valence electrons. The van der Waals surface area contributed by atoms with Gasteiger partial charge in [0.1, 0.15) is 5.75 Å². The summed E-state index contributed by atoms with van der Waals surface area (Å²) in [4.78, 5) is 29.3. The van der Waals surface area contributed by atoms with Crippen molar-refractivity contribution in [3.8, 4) is 5.75 Å². The van der Waals surface area contributed by atoms with Gasteiger partial charge in [-0.25, -0.2) is 0 Å². The Labute approximate surface area is 169 Å². The Morgan fingerprint density at radius 3 is 2.21 bits per heavy atom. The highest BCUT2D eigenvalue weighted by molar-refractivity contribution is 5.82. The number of nitrogens with zero attached hydrogens (tertiary/aromatic N) is 2. The zero-order chi connectivity index (χ0) is 20.3. The second-order valence-corrected chi connectivity index (χ2v) is 8.59. The SMILES string of the molecule is Cc1ccc(C(C)C)c(OC(C)C(=O)N2CCN(C(=O)C3CCCC3)CC2)c1. The molecule has 2 aliphatic rings. The summed E-state index contributed by atoms with van der Waals surface area (Å²) in [6.07, 6.45) is 3.85. The fourth-order valence-electron chi connectivity index (χ4n) is 4.30. The van der Waals surface area contributed by atoms with E-state index in [0.29, 0.717) is 32.1 Å². The van der Waals surface area contributed by atoms with Gasteiger partial charge in [0.15, 0.2) is 6.10 Å². The van der Waals surface area contributed by atoms with E-state index in [-0.39, 0.29) is 17.7 Å². The minimum absolute atomic E-state index is 0.00387. The molecule has 1 atom stereocenters. The molecule has 5 heteroatoms. The zero-order valence-electron chi connectivity index (χ0n) is 17.7. The van der Waals surface area contributed by atoms with Crippen molar-refractivity contribution in [3.05, 3.63) is 29.3 Å². The summed E-state index contributed by atoms with van der Waals surface area (Å²) in [6.45, 7) is 10.6. The van der Waals surface area contributed by atoms with Crippen LogP contribution in [0.25, 0.3) is 0 Å². The Bertz CT molecular complexity index is 702. The van der Waals surface area contributed by atoms with Gasteiger partial charge in [-0.05, 0) is 49.8 Å². The first-order chi connectivity index (χ1) is 13.4. The highest BCUT2D eigenvalue weighted by Gasteiger charge is 2.32. The van der Waals surface area contributed by atoms with Crippen LogP contribution in [0.4, 0.5) is 0 Å². The van der Waals surface area contributed by atoms with E-state index in [1.165, 1.54) is 12.8 Å². The van der Waals surface area contributed by atoms with Gasteiger partial charge in [-0.2, -0.15) is 0 Å². The van der Waals surface area contributed by atoms with Crippen LogP contribution in [0.5, 0.6) is 5.75 Å². The molecular formula is C23H34N2O3. The largest absolute Gasteiger partial charge is 0.481 e. The van der Waals surface area contributed by atoms with Crippen LogP contribution in [0.15, 0.2) is 18.2 Å². The number of hydrogen-bond acceptors (Lipinski definition) is 3. The van der Waals surface area contributed by atoms with E-state index in [0.717, 1.165) is 29.7 Å². The maximum absolute atomic E-state index is 12.9. The summed E-state index contributed by atoms with van der Waals surface area (Å²) in [5, 5.41) is 0. The van der Waals surface area contributed by atoms with Gasteiger partial charge in [0.05, 0.1) is 0 Å². The lowest BCUT2D eigenvalue weighted by atomic mass is 10.0. The van der Waals surface area contributed by atoms with E-state index < -0.39 is 6.10 Å². The van der Waals surface area contributed by atoms with Crippen molar-refractivity contribution in [1.29, 1.82) is 0 Å². The van der Waals surface area contributed by atoms with Crippen molar-refractivity contribution >= 4 is 11.8 Å². The normalized spacial score (nSPS) is 19.2. The lowest BCUT2D eigenvalue weighted by molar-refractivity contribution is -0.145. The van der Waals surface area contributed by atoms with E-state index in [4.69, 9.17) is 4.74 Å². The molecule has 1 unspecified atom stereocenters. The van der Waals surface area contributed by atoms with Gasteiger partial charge in [0, 0.05) is 32.1 Å². The van der Waals surface area contributed by atoms with Crippen LogP contribution in [0, 0.1) is 12.8 Å². The Balaban J connectivity index is 1.56. The molecule has 0 spiro atoms. The molecule has 1 aromatic rings. The van der Waals surface area contributed by atoms with E-state index in [9.17, 15) is 9.59 Å². The van der Waals surface area contributed by atoms with Gasteiger partial charge in [0.25, 0.3) is 5.91 Å². The predicted octanol–water partition coefficient (Wildman–Crippen LogP) is 3.75. The maximum atomic E-state index is 12.9. The Kier molecular flexibility index (Phi) is 6.63. The fraction of sp³-hybridized carbons (Fsp3) is 0.652. The number of ether oxygens (including phenoxy) is 1. The fourth-order valence-corrected chi connectivity index (χ4v) is 4.30. The van der Waals surface area contributed by atoms with Gasteiger partial charge in [-0.1, -0.05) is 38.8 Å². The molecule has 0 radical (unpaired) electrons. The van der Waals surface area contributed by atoms with Gasteiger partial charge in [-0.3, -0.25) is 9.59 Å². The van der Waals surface area contributed by atoms with E-state index in [1.807, 2.05) is 29.7 Å².